The van der Waals surface area contributed by atoms with Crippen molar-refractivity contribution in [2.45, 2.75) is 103 Å². The molecule has 0 radical (unpaired) electrons. The van der Waals surface area contributed by atoms with Gasteiger partial charge in [0.15, 0.2) is 0 Å². The standard InChI is InChI=1S/C24H39NO2/c1-5-6-7-8-9-10-11-12-13-14-17-25-19(2)24(3,4)21-18-20(23(26)27)15-16-22(21)25/h15-16,18-19H,5-14,17H2,1-4H3,(H,26,27). The number of carbonyl (C=O) groups is 1. The third-order valence-corrected chi connectivity index (χ3v) is 6.51. The van der Waals surface area contributed by atoms with Crippen LogP contribution in [0, 0.1) is 0 Å². The Bertz CT molecular complexity index is 608. The van der Waals surface area contributed by atoms with E-state index in [1.165, 1.54) is 75.5 Å². The number of hydrogen-bond donors (Lipinski definition) is 1. The van der Waals surface area contributed by atoms with Crippen LogP contribution >= 0.6 is 0 Å². The van der Waals surface area contributed by atoms with Crippen LogP contribution in [0.4, 0.5) is 5.69 Å². The summed E-state index contributed by atoms with van der Waals surface area (Å²) < 4.78 is 0. The fraction of sp³-hybridized carbons (Fsp3) is 0.708. The molecule has 0 aliphatic carbocycles. The molecular weight excluding hydrogens is 334 g/mol. The van der Waals surface area contributed by atoms with E-state index in [0.717, 1.165) is 6.54 Å². The number of aromatic carboxylic acids is 1. The van der Waals surface area contributed by atoms with Crippen LogP contribution in [0.3, 0.4) is 0 Å². The minimum Gasteiger partial charge on any atom is -0.478 e. The fourth-order valence-corrected chi connectivity index (χ4v) is 4.34. The molecule has 0 saturated carbocycles. The average molecular weight is 374 g/mol. The maximum Gasteiger partial charge on any atom is 0.335 e. The van der Waals surface area contributed by atoms with Gasteiger partial charge in [0.25, 0.3) is 0 Å². The summed E-state index contributed by atoms with van der Waals surface area (Å²) in [6.45, 7) is 10.1. The second-order valence-corrected chi connectivity index (χ2v) is 8.81. The number of carboxylic acid groups (broad SMARTS) is 1. The molecule has 1 aromatic rings. The zero-order valence-corrected chi connectivity index (χ0v) is 17.9. The normalized spacial score (nSPS) is 17.9. The van der Waals surface area contributed by atoms with Gasteiger partial charge in [0.1, 0.15) is 0 Å². The highest BCUT2D eigenvalue weighted by Gasteiger charge is 2.41. The van der Waals surface area contributed by atoms with E-state index in [2.05, 4.69) is 32.6 Å². The summed E-state index contributed by atoms with van der Waals surface area (Å²) in [5.41, 5.74) is 2.80. The van der Waals surface area contributed by atoms with Crippen molar-refractivity contribution in [1.29, 1.82) is 0 Å². The van der Waals surface area contributed by atoms with Gasteiger partial charge < -0.3 is 10.0 Å². The monoisotopic (exact) mass is 373 g/mol. The highest BCUT2D eigenvalue weighted by Crippen LogP contribution is 2.45. The van der Waals surface area contributed by atoms with E-state index in [1.807, 2.05) is 12.1 Å². The lowest BCUT2D eigenvalue weighted by atomic mass is 9.81. The Balaban J connectivity index is 1.78. The average Bonchev–Trinajstić information content (AvgIpc) is 2.83. The summed E-state index contributed by atoms with van der Waals surface area (Å²) in [6.07, 6.45) is 13.5. The molecule has 3 heteroatoms. The Labute approximate surface area is 166 Å². The SMILES string of the molecule is CCCCCCCCCCCCN1c2ccc(C(=O)O)cc2C(C)(C)C1C. The van der Waals surface area contributed by atoms with Gasteiger partial charge in [0, 0.05) is 23.7 Å². The lowest BCUT2D eigenvalue weighted by molar-refractivity contribution is 0.0696. The smallest absolute Gasteiger partial charge is 0.335 e. The summed E-state index contributed by atoms with van der Waals surface area (Å²) in [5, 5.41) is 9.31. The molecule has 3 nitrogen and oxygen atoms in total. The van der Waals surface area contributed by atoms with E-state index in [1.54, 1.807) is 6.07 Å². The predicted molar refractivity (Wildman–Crippen MR) is 115 cm³/mol. The first-order chi connectivity index (χ1) is 12.9. The van der Waals surface area contributed by atoms with Crippen molar-refractivity contribution in [2.24, 2.45) is 0 Å². The Morgan fingerprint density at radius 2 is 1.56 bits per heavy atom. The van der Waals surface area contributed by atoms with Crippen molar-refractivity contribution >= 4 is 11.7 Å². The first kappa shape index (κ1) is 21.8. The highest BCUT2D eigenvalue weighted by atomic mass is 16.4. The molecule has 1 aliphatic heterocycles. The predicted octanol–water partition coefficient (Wildman–Crippen LogP) is 6.79. The molecular formula is C24H39NO2. The third-order valence-electron chi connectivity index (χ3n) is 6.51. The van der Waals surface area contributed by atoms with Gasteiger partial charge in [-0.1, -0.05) is 78.6 Å². The lowest BCUT2D eigenvalue weighted by Crippen LogP contribution is -2.39. The number of hydrogen-bond acceptors (Lipinski definition) is 2. The number of benzene rings is 1. The summed E-state index contributed by atoms with van der Waals surface area (Å²) in [5.74, 6) is -0.839. The van der Waals surface area contributed by atoms with E-state index in [0.29, 0.717) is 11.6 Å². The van der Waals surface area contributed by atoms with Crippen LogP contribution < -0.4 is 4.90 Å². The molecule has 0 spiro atoms. The largest absolute Gasteiger partial charge is 0.478 e. The van der Waals surface area contributed by atoms with Crippen LogP contribution in [0.2, 0.25) is 0 Å². The molecule has 1 aromatic carbocycles. The number of anilines is 1. The van der Waals surface area contributed by atoms with Crippen LogP contribution in [0.15, 0.2) is 18.2 Å². The number of nitrogens with zero attached hydrogens (tertiary/aromatic N) is 1. The Kier molecular flexibility index (Phi) is 8.19. The van der Waals surface area contributed by atoms with Crippen LogP contribution in [-0.4, -0.2) is 23.7 Å². The molecule has 0 saturated heterocycles. The minimum absolute atomic E-state index is 0.0146. The molecule has 27 heavy (non-hydrogen) atoms. The van der Waals surface area contributed by atoms with E-state index < -0.39 is 5.97 Å². The fourth-order valence-electron chi connectivity index (χ4n) is 4.34. The molecule has 1 unspecified atom stereocenters. The van der Waals surface area contributed by atoms with Crippen molar-refractivity contribution in [1.82, 2.24) is 0 Å². The maximum atomic E-state index is 11.3. The number of rotatable bonds is 12. The van der Waals surface area contributed by atoms with Crippen LogP contribution in [0.25, 0.3) is 0 Å². The van der Waals surface area contributed by atoms with Gasteiger partial charge >= 0.3 is 5.97 Å². The zero-order chi connectivity index (χ0) is 19.9. The van der Waals surface area contributed by atoms with Crippen molar-refractivity contribution < 1.29 is 9.90 Å². The Morgan fingerprint density at radius 1 is 1.00 bits per heavy atom. The van der Waals surface area contributed by atoms with Crippen molar-refractivity contribution in [2.75, 3.05) is 11.4 Å². The van der Waals surface area contributed by atoms with Crippen molar-refractivity contribution in [3.8, 4) is 0 Å². The minimum atomic E-state index is -0.839. The summed E-state index contributed by atoms with van der Waals surface area (Å²) in [6, 6.07) is 6.04. The van der Waals surface area contributed by atoms with Gasteiger partial charge in [-0.15, -0.1) is 0 Å². The third kappa shape index (κ3) is 5.49. The zero-order valence-electron chi connectivity index (χ0n) is 17.9. The quantitative estimate of drug-likeness (QED) is 0.410. The van der Waals surface area contributed by atoms with Gasteiger partial charge in [-0.2, -0.15) is 0 Å². The summed E-state index contributed by atoms with van der Waals surface area (Å²) >= 11 is 0. The van der Waals surface area contributed by atoms with Gasteiger partial charge in [-0.05, 0) is 37.1 Å². The highest BCUT2D eigenvalue weighted by molar-refractivity contribution is 5.89. The molecule has 0 aromatic heterocycles. The summed E-state index contributed by atoms with van der Waals surface area (Å²) in [4.78, 5) is 13.8. The van der Waals surface area contributed by atoms with Gasteiger partial charge in [0.05, 0.1) is 5.56 Å². The molecule has 1 atom stereocenters. The Hall–Kier alpha value is -1.51. The summed E-state index contributed by atoms with van der Waals surface area (Å²) in [7, 11) is 0. The maximum absolute atomic E-state index is 11.3. The number of unbranched alkanes of at least 4 members (excludes halogenated alkanes) is 9. The van der Waals surface area contributed by atoms with E-state index in [-0.39, 0.29) is 5.41 Å². The molecule has 2 rings (SSSR count). The van der Waals surface area contributed by atoms with Gasteiger partial charge in [-0.25, -0.2) is 4.79 Å². The second kappa shape index (κ2) is 10.1. The molecule has 0 fully saturated rings. The lowest BCUT2D eigenvalue weighted by Gasteiger charge is -2.31. The second-order valence-electron chi connectivity index (χ2n) is 8.81. The number of fused-ring (bicyclic) bond motifs is 1. The van der Waals surface area contributed by atoms with Gasteiger partial charge in [0.2, 0.25) is 0 Å². The number of carboxylic acids is 1. The van der Waals surface area contributed by atoms with E-state index in [4.69, 9.17) is 0 Å². The van der Waals surface area contributed by atoms with E-state index in [9.17, 15) is 9.90 Å². The van der Waals surface area contributed by atoms with Crippen LogP contribution in [0.5, 0.6) is 0 Å². The molecule has 1 heterocycles. The topological polar surface area (TPSA) is 40.5 Å². The molecule has 1 N–H and O–H groups in total. The first-order valence-electron chi connectivity index (χ1n) is 11.0. The van der Waals surface area contributed by atoms with Crippen molar-refractivity contribution in [3.05, 3.63) is 29.3 Å². The van der Waals surface area contributed by atoms with Crippen LogP contribution in [0.1, 0.15) is 108 Å². The first-order valence-corrected chi connectivity index (χ1v) is 11.0. The van der Waals surface area contributed by atoms with Gasteiger partial charge in [-0.3, -0.25) is 0 Å². The molecule has 0 bridgehead atoms. The van der Waals surface area contributed by atoms with Crippen LogP contribution in [-0.2, 0) is 5.41 Å². The Morgan fingerprint density at radius 3 is 2.11 bits per heavy atom. The van der Waals surface area contributed by atoms with E-state index >= 15 is 0 Å². The molecule has 1 aliphatic rings. The molecule has 0 amide bonds. The molecule has 152 valence electrons. The van der Waals surface area contributed by atoms with Crippen molar-refractivity contribution in [3.63, 3.8) is 0 Å².